The third-order valence-electron chi connectivity index (χ3n) is 4.78. The van der Waals surface area contributed by atoms with Crippen LogP contribution in [0.25, 0.3) is 0 Å². The van der Waals surface area contributed by atoms with Gasteiger partial charge < -0.3 is 5.32 Å². The van der Waals surface area contributed by atoms with Crippen LogP contribution >= 0.6 is 15.9 Å². The number of nitrogens with zero attached hydrogens (tertiary/aromatic N) is 1. The van der Waals surface area contributed by atoms with Crippen molar-refractivity contribution in [1.82, 2.24) is 10.2 Å². The molecular weight excluding hydrogens is 312 g/mol. The molecule has 1 aliphatic heterocycles. The van der Waals surface area contributed by atoms with Gasteiger partial charge in [-0.15, -0.1) is 0 Å². The lowest BCUT2D eigenvalue weighted by Crippen LogP contribution is -2.63. The maximum absolute atomic E-state index is 3.74. The summed E-state index contributed by atoms with van der Waals surface area (Å²) in [5, 5.41) is 3.74. The summed E-state index contributed by atoms with van der Waals surface area (Å²) in [5.74, 6) is 0.684. The predicted octanol–water partition coefficient (Wildman–Crippen LogP) is 4.05. The topological polar surface area (TPSA) is 15.3 Å². The van der Waals surface area contributed by atoms with Crippen LogP contribution in [0.5, 0.6) is 0 Å². The summed E-state index contributed by atoms with van der Waals surface area (Å²) in [6.07, 6.45) is 1.18. The van der Waals surface area contributed by atoms with Gasteiger partial charge in [0.2, 0.25) is 0 Å². The van der Waals surface area contributed by atoms with Crippen LogP contribution in [0.1, 0.15) is 39.7 Å². The molecule has 2 nitrogen and oxygen atoms in total. The molecule has 0 amide bonds. The van der Waals surface area contributed by atoms with Crippen LogP contribution in [0.15, 0.2) is 28.7 Å². The first-order chi connectivity index (χ1) is 9.44. The molecule has 2 atom stereocenters. The molecule has 2 unspecified atom stereocenters. The molecule has 1 N–H and O–H groups in total. The van der Waals surface area contributed by atoms with E-state index in [0.717, 1.165) is 24.1 Å². The second-order valence-corrected chi connectivity index (χ2v) is 7.50. The standard InChI is InChI=1S/C17H27BrN2/c1-5-17(4)12-19-16(13(2)3)11-20(17)10-14-6-8-15(18)9-7-14/h6-9,13,16,19H,5,10-12H2,1-4H3. The van der Waals surface area contributed by atoms with E-state index >= 15 is 0 Å². The second-order valence-electron chi connectivity index (χ2n) is 6.59. The Morgan fingerprint density at radius 2 is 2.00 bits per heavy atom. The highest BCUT2D eigenvalue weighted by Crippen LogP contribution is 2.27. The summed E-state index contributed by atoms with van der Waals surface area (Å²) < 4.78 is 1.15. The van der Waals surface area contributed by atoms with Gasteiger partial charge in [-0.2, -0.15) is 0 Å². The summed E-state index contributed by atoms with van der Waals surface area (Å²) in [4.78, 5) is 2.66. The summed E-state index contributed by atoms with van der Waals surface area (Å²) in [6, 6.07) is 9.34. The van der Waals surface area contributed by atoms with Crippen LogP contribution in [0, 0.1) is 5.92 Å². The van der Waals surface area contributed by atoms with Crippen molar-refractivity contribution in [3.8, 4) is 0 Å². The smallest absolute Gasteiger partial charge is 0.0307 e. The molecule has 1 fully saturated rings. The number of nitrogens with one attached hydrogen (secondary N) is 1. The summed E-state index contributed by atoms with van der Waals surface area (Å²) in [6.45, 7) is 12.6. The Kier molecular flexibility index (Phi) is 5.27. The van der Waals surface area contributed by atoms with Gasteiger partial charge in [0.15, 0.2) is 0 Å². The average Bonchev–Trinajstić information content (AvgIpc) is 2.43. The SMILES string of the molecule is CCC1(C)CNC(C(C)C)CN1Cc1ccc(Br)cc1. The van der Waals surface area contributed by atoms with Crippen LogP contribution in [0.2, 0.25) is 0 Å². The highest BCUT2D eigenvalue weighted by atomic mass is 79.9. The van der Waals surface area contributed by atoms with E-state index in [9.17, 15) is 0 Å². The maximum Gasteiger partial charge on any atom is 0.0307 e. The van der Waals surface area contributed by atoms with Crippen molar-refractivity contribution >= 4 is 15.9 Å². The van der Waals surface area contributed by atoms with Crippen LogP contribution < -0.4 is 5.32 Å². The first-order valence-electron chi connectivity index (χ1n) is 7.67. The van der Waals surface area contributed by atoms with Crippen molar-refractivity contribution in [2.24, 2.45) is 5.92 Å². The van der Waals surface area contributed by atoms with E-state index in [0.29, 0.717) is 12.0 Å². The minimum absolute atomic E-state index is 0.262. The zero-order chi connectivity index (χ0) is 14.8. The number of hydrogen-bond acceptors (Lipinski definition) is 2. The van der Waals surface area contributed by atoms with Gasteiger partial charge in [-0.1, -0.05) is 48.8 Å². The molecule has 0 spiro atoms. The summed E-state index contributed by atoms with van der Waals surface area (Å²) in [7, 11) is 0. The molecular formula is C17H27BrN2. The molecule has 112 valence electrons. The van der Waals surface area contributed by atoms with Gasteiger partial charge in [0.1, 0.15) is 0 Å². The minimum atomic E-state index is 0.262. The van der Waals surface area contributed by atoms with E-state index in [-0.39, 0.29) is 5.54 Å². The largest absolute Gasteiger partial charge is 0.311 e. The lowest BCUT2D eigenvalue weighted by atomic mass is 9.89. The van der Waals surface area contributed by atoms with Crippen LogP contribution in [-0.2, 0) is 6.54 Å². The summed E-state index contributed by atoms with van der Waals surface area (Å²) >= 11 is 3.51. The van der Waals surface area contributed by atoms with E-state index < -0.39 is 0 Å². The molecule has 2 rings (SSSR count). The molecule has 1 aromatic rings. The molecule has 0 aromatic heterocycles. The normalized spacial score (nSPS) is 28.0. The van der Waals surface area contributed by atoms with E-state index in [1.807, 2.05) is 0 Å². The Bertz CT molecular complexity index is 429. The highest BCUT2D eigenvalue weighted by molar-refractivity contribution is 9.10. The molecule has 1 aromatic carbocycles. The third kappa shape index (κ3) is 3.63. The number of halogens is 1. The van der Waals surface area contributed by atoms with Crippen molar-refractivity contribution in [3.63, 3.8) is 0 Å². The van der Waals surface area contributed by atoms with Crippen LogP contribution in [0.3, 0.4) is 0 Å². The number of piperazine rings is 1. The Labute approximate surface area is 132 Å². The Balaban J connectivity index is 2.13. The van der Waals surface area contributed by atoms with Gasteiger partial charge in [0, 0.05) is 35.7 Å². The predicted molar refractivity (Wildman–Crippen MR) is 89.9 cm³/mol. The van der Waals surface area contributed by atoms with Gasteiger partial charge in [-0.3, -0.25) is 4.90 Å². The van der Waals surface area contributed by atoms with E-state index in [1.54, 1.807) is 0 Å². The molecule has 1 heterocycles. The van der Waals surface area contributed by atoms with Crippen molar-refractivity contribution < 1.29 is 0 Å². The number of benzene rings is 1. The quantitative estimate of drug-likeness (QED) is 0.890. The first-order valence-corrected chi connectivity index (χ1v) is 8.47. The van der Waals surface area contributed by atoms with Gasteiger partial charge >= 0.3 is 0 Å². The lowest BCUT2D eigenvalue weighted by Gasteiger charge is -2.49. The van der Waals surface area contributed by atoms with E-state index in [2.05, 4.69) is 78.1 Å². The highest BCUT2D eigenvalue weighted by Gasteiger charge is 2.36. The molecule has 1 aliphatic rings. The van der Waals surface area contributed by atoms with Crippen molar-refractivity contribution in [2.75, 3.05) is 13.1 Å². The van der Waals surface area contributed by atoms with Crippen molar-refractivity contribution in [3.05, 3.63) is 34.3 Å². The minimum Gasteiger partial charge on any atom is -0.311 e. The fraction of sp³-hybridized carbons (Fsp3) is 0.647. The Hall–Kier alpha value is -0.380. The number of rotatable bonds is 4. The maximum atomic E-state index is 3.74. The first kappa shape index (κ1) is 16.0. The van der Waals surface area contributed by atoms with E-state index in [1.165, 1.54) is 12.0 Å². The molecule has 0 saturated carbocycles. The zero-order valence-corrected chi connectivity index (χ0v) is 14.7. The van der Waals surface area contributed by atoms with Crippen molar-refractivity contribution in [2.45, 2.75) is 52.2 Å². The van der Waals surface area contributed by atoms with Crippen LogP contribution in [0.4, 0.5) is 0 Å². The molecule has 0 aliphatic carbocycles. The third-order valence-corrected chi connectivity index (χ3v) is 5.31. The average molecular weight is 339 g/mol. The molecule has 3 heteroatoms. The zero-order valence-electron chi connectivity index (χ0n) is 13.1. The summed E-state index contributed by atoms with van der Waals surface area (Å²) in [5.41, 5.74) is 1.66. The Morgan fingerprint density at radius 3 is 2.55 bits per heavy atom. The monoisotopic (exact) mass is 338 g/mol. The van der Waals surface area contributed by atoms with Gasteiger partial charge in [0.05, 0.1) is 0 Å². The van der Waals surface area contributed by atoms with Gasteiger partial charge in [0.25, 0.3) is 0 Å². The van der Waals surface area contributed by atoms with E-state index in [4.69, 9.17) is 0 Å². The lowest BCUT2D eigenvalue weighted by molar-refractivity contribution is 0.0317. The van der Waals surface area contributed by atoms with Gasteiger partial charge in [-0.05, 0) is 37.0 Å². The van der Waals surface area contributed by atoms with Crippen molar-refractivity contribution in [1.29, 1.82) is 0 Å². The molecule has 0 radical (unpaired) electrons. The fourth-order valence-electron chi connectivity index (χ4n) is 2.85. The molecule has 0 bridgehead atoms. The van der Waals surface area contributed by atoms with Gasteiger partial charge in [-0.25, -0.2) is 0 Å². The fourth-order valence-corrected chi connectivity index (χ4v) is 3.11. The molecule has 20 heavy (non-hydrogen) atoms. The second kappa shape index (κ2) is 6.59. The Morgan fingerprint density at radius 1 is 1.35 bits per heavy atom. The molecule has 1 saturated heterocycles. The number of hydrogen-bond donors (Lipinski definition) is 1. The van der Waals surface area contributed by atoms with Crippen LogP contribution in [-0.4, -0.2) is 29.6 Å².